The van der Waals surface area contributed by atoms with E-state index in [1.165, 1.54) is 17.0 Å². The maximum Gasteiger partial charge on any atom is 0.325 e. The standard InChI is InChI=1S/C32H40N6O6S.ClH/c1-2-44-30(40)22-38(21-24-8-4-3-5-9-24)31(41)28(19-29(39)35-20-23-14-16-37(17-15-23)32(33)34)36-45(42,43)27-13-12-25-10-6-7-11-26(25)18-27;/h3-13,18,23,28,36H,2,14-17,19-22H2,1H3,(H3,33,34)(H,35,39);1H/t28-;/m0./s1. The fourth-order valence-electron chi connectivity index (χ4n) is 5.26. The second kappa shape index (κ2) is 16.9. The Bertz CT molecular complexity index is 1620. The number of fused-ring (bicyclic) bond motifs is 1. The number of piperidine rings is 1. The zero-order valence-electron chi connectivity index (χ0n) is 25.7. The third kappa shape index (κ3) is 10.2. The summed E-state index contributed by atoms with van der Waals surface area (Å²) >= 11 is 0. The van der Waals surface area contributed by atoms with Crippen LogP contribution in [0, 0.1) is 11.3 Å². The minimum absolute atomic E-state index is 0. The number of ether oxygens (including phenoxy) is 1. The van der Waals surface area contributed by atoms with Crippen LogP contribution in [0.15, 0.2) is 77.7 Å². The molecule has 1 aliphatic heterocycles. The zero-order chi connectivity index (χ0) is 32.4. The number of rotatable bonds is 13. The van der Waals surface area contributed by atoms with Gasteiger partial charge >= 0.3 is 5.97 Å². The predicted molar refractivity (Wildman–Crippen MR) is 178 cm³/mol. The molecule has 5 N–H and O–H groups in total. The van der Waals surface area contributed by atoms with Crippen LogP contribution >= 0.6 is 12.4 Å². The molecule has 1 heterocycles. The van der Waals surface area contributed by atoms with Gasteiger partial charge in [0.15, 0.2) is 5.96 Å². The number of nitrogens with zero attached hydrogens (tertiary/aromatic N) is 2. The first-order valence-corrected chi connectivity index (χ1v) is 16.4. The van der Waals surface area contributed by atoms with Gasteiger partial charge < -0.3 is 25.6 Å². The van der Waals surface area contributed by atoms with E-state index in [1.54, 1.807) is 54.3 Å². The van der Waals surface area contributed by atoms with Crippen molar-refractivity contribution in [1.29, 1.82) is 5.41 Å². The normalized spacial score (nSPS) is 14.2. The van der Waals surface area contributed by atoms with Crippen LogP contribution in [-0.2, 0) is 35.7 Å². The molecule has 12 nitrogen and oxygen atoms in total. The van der Waals surface area contributed by atoms with E-state index >= 15 is 0 Å². The van der Waals surface area contributed by atoms with Gasteiger partial charge in [-0.25, -0.2) is 8.42 Å². The molecule has 0 unspecified atom stereocenters. The van der Waals surface area contributed by atoms with Gasteiger partial charge in [0.25, 0.3) is 0 Å². The third-order valence-electron chi connectivity index (χ3n) is 7.71. The van der Waals surface area contributed by atoms with Gasteiger partial charge in [-0.05, 0) is 54.2 Å². The highest BCUT2D eigenvalue weighted by Crippen LogP contribution is 2.20. The van der Waals surface area contributed by atoms with Crippen molar-refractivity contribution >= 4 is 56.9 Å². The number of amides is 2. The highest BCUT2D eigenvalue weighted by molar-refractivity contribution is 7.89. The van der Waals surface area contributed by atoms with Gasteiger partial charge in [-0.1, -0.05) is 60.7 Å². The third-order valence-corrected chi connectivity index (χ3v) is 9.18. The van der Waals surface area contributed by atoms with Gasteiger partial charge in [0, 0.05) is 26.2 Å². The van der Waals surface area contributed by atoms with Crippen LogP contribution in [0.1, 0.15) is 31.7 Å². The minimum Gasteiger partial charge on any atom is -0.465 e. The molecule has 3 aromatic rings. The number of sulfonamides is 1. The Morgan fingerprint density at radius 1 is 1.02 bits per heavy atom. The van der Waals surface area contributed by atoms with Gasteiger partial charge in [-0.2, -0.15) is 4.72 Å². The summed E-state index contributed by atoms with van der Waals surface area (Å²) in [6, 6.07) is 19.4. The van der Waals surface area contributed by atoms with Crippen molar-refractivity contribution in [2.45, 2.75) is 43.7 Å². The lowest BCUT2D eigenvalue weighted by atomic mass is 9.97. The Morgan fingerprint density at radius 3 is 2.33 bits per heavy atom. The van der Waals surface area contributed by atoms with E-state index in [0.717, 1.165) is 18.2 Å². The highest BCUT2D eigenvalue weighted by atomic mass is 35.5. The number of carbonyl (C=O) groups is 3. The minimum atomic E-state index is -4.27. The number of carbonyl (C=O) groups excluding carboxylic acids is 3. The predicted octanol–water partition coefficient (Wildman–Crippen LogP) is 2.61. The molecular formula is C32H41ClN6O6S. The molecule has 3 aromatic carbocycles. The first-order valence-electron chi connectivity index (χ1n) is 14.9. The molecule has 248 valence electrons. The fourth-order valence-corrected chi connectivity index (χ4v) is 6.49. The largest absolute Gasteiger partial charge is 0.465 e. The van der Waals surface area contributed by atoms with Gasteiger partial charge in [0.05, 0.1) is 17.9 Å². The van der Waals surface area contributed by atoms with E-state index in [4.69, 9.17) is 15.9 Å². The number of halogens is 1. The highest BCUT2D eigenvalue weighted by Gasteiger charge is 2.33. The van der Waals surface area contributed by atoms with Gasteiger partial charge in [-0.3, -0.25) is 19.8 Å². The Labute approximate surface area is 275 Å². The van der Waals surface area contributed by atoms with E-state index in [2.05, 4.69) is 10.0 Å². The van der Waals surface area contributed by atoms with Crippen molar-refractivity contribution < 1.29 is 27.5 Å². The van der Waals surface area contributed by atoms with Crippen LogP contribution in [0.4, 0.5) is 0 Å². The fraction of sp³-hybridized carbons (Fsp3) is 0.375. The molecule has 0 bridgehead atoms. The van der Waals surface area contributed by atoms with Crippen LogP contribution in [-0.4, -0.2) is 80.8 Å². The monoisotopic (exact) mass is 672 g/mol. The molecule has 0 radical (unpaired) electrons. The van der Waals surface area contributed by atoms with E-state index in [-0.39, 0.29) is 42.3 Å². The molecule has 46 heavy (non-hydrogen) atoms. The summed E-state index contributed by atoms with van der Waals surface area (Å²) in [5.74, 6) is -1.74. The zero-order valence-corrected chi connectivity index (χ0v) is 27.3. The summed E-state index contributed by atoms with van der Waals surface area (Å²) < 4.78 is 34.8. The molecule has 2 amide bonds. The van der Waals surface area contributed by atoms with E-state index in [0.29, 0.717) is 30.6 Å². The van der Waals surface area contributed by atoms with E-state index in [1.807, 2.05) is 18.2 Å². The first-order chi connectivity index (χ1) is 21.6. The van der Waals surface area contributed by atoms with Gasteiger partial charge in [-0.15, -0.1) is 12.4 Å². The number of hydrogen-bond acceptors (Lipinski definition) is 7. The Morgan fingerprint density at radius 2 is 1.67 bits per heavy atom. The molecule has 4 rings (SSSR count). The SMILES string of the molecule is CCOC(=O)CN(Cc1ccccc1)C(=O)[C@H](CC(=O)NCC1CCN(C(=N)N)CC1)NS(=O)(=O)c1ccc2ccccc2c1.Cl. The number of nitrogens with one attached hydrogen (secondary N) is 3. The lowest BCUT2D eigenvalue weighted by Crippen LogP contribution is -2.51. The molecule has 0 aliphatic carbocycles. The number of guanidine groups is 1. The lowest BCUT2D eigenvalue weighted by Gasteiger charge is -2.32. The second-order valence-electron chi connectivity index (χ2n) is 11.0. The molecule has 0 spiro atoms. The maximum absolute atomic E-state index is 14.0. The maximum atomic E-state index is 14.0. The Hall–Kier alpha value is -4.20. The summed E-state index contributed by atoms with van der Waals surface area (Å²) in [6.07, 6.45) is 0.967. The summed E-state index contributed by atoms with van der Waals surface area (Å²) in [6.45, 7) is 2.87. The molecule has 1 saturated heterocycles. The molecular weight excluding hydrogens is 632 g/mol. The van der Waals surface area contributed by atoms with Crippen molar-refractivity contribution in [1.82, 2.24) is 19.8 Å². The van der Waals surface area contributed by atoms with Gasteiger partial charge in [0.2, 0.25) is 21.8 Å². The summed E-state index contributed by atoms with van der Waals surface area (Å²) in [4.78, 5) is 42.6. The van der Waals surface area contributed by atoms with Crippen molar-refractivity contribution in [2.75, 3.05) is 32.8 Å². The number of hydrogen-bond donors (Lipinski definition) is 4. The number of benzene rings is 3. The number of likely N-dealkylation sites (tertiary alicyclic amines) is 1. The molecule has 1 atom stereocenters. The smallest absolute Gasteiger partial charge is 0.325 e. The lowest BCUT2D eigenvalue weighted by molar-refractivity contribution is -0.150. The topological polar surface area (TPSA) is 175 Å². The van der Waals surface area contributed by atoms with E-state index < -0.39 is 46.8 Å². The van der Waals surface area contributed by atoms with Crippen molar-refractivity contribution in [3.8, 4) is 0 Å². The summed E-state index contributed by atoms with van der Waals surface area (Å²) in [7, 11) is -4.27. The molecule has 14 heteroatoms. The second-order valence-corrected chi connectivity index (χ2v) is 12.7. The molecule has 1 aliphatic rings. The Balaban J connectivity index is 0.00000576. The molecule has 1 fully saturated rings. The average Bonchev–Trinajstić information content (AvgIpc) is 3.03. The van der Waals surface area contributed by atoms with Gasteiger partial charge in [0.1, 0.15) is 12.6 Å². The quantitative estimate of drug-likeness (QED) is 0.122. The number of nitrogens with two attached hydrogens (primary N) is 1. The van der Waals surface area contributed by atoms with Crippen LogP contribution < -0.4 is 15.8 Å². The van der Waals surface area contributed by atoms with Crippen molar-refractivity contribution in [3.63, 3.8) is 0 Å². The Kier molecular flexibility index (Phi) is 13.3. The first kappa shape index (κ1) is 36.3. The van der Waals surface area contributed by atoms with Crippen molar-refractivity contribution in [3.05, 3.63) is 78.4 Å². The summed E-state index contributed by atoms with van der Waals surface area (Å²) in [5.41, 5.74) is 6.29. The van der Waals surface area contributed by atoms with Crippen LogP contribution in [0.5, 0.6) is 0 Å². The van der Waals surface area contributed by atoms with Crippen LogP contribution in [0.2, 0.25) is 0 Å². The summed E-state index contributed by atoms with van der Waals surface area (Å²) in [5, 5.41) is 12.0. The van der Waals surface area contributed by atoms with Crippen LogP contribution in [0.3, 0.4) is 0 Å². The molecule has 0 saturated carbocycles. The van der Waals surface area contributed by atoms with Crippen molar-refractivity contribution in [2.24, 2.45) is 11.7 Å². The number of esters is 1. The van der Waals surface area contributed by atoms with Crippen LogP contribution in [0.25, 0.3) is 10.8 Å². The van der Waals surface area contributed by atoms with E-state index in [9.17, 15) is 22.8 Å². The average molecular weight is 673 g/mol. The molecule has 0 aromatic heterocycles.